The van der Waals surface area contributed by atoms with Crippen LogP contribution in [0.2, 0.25) is 0 Å². The molecule has 1 aromatic heterocycles. The van der Waals surface area contributed by atoms with Crippen molar-refractivity contribution >= 4 is 17.3 Å². The normalized spacial score (nSPS) is 18.0. The van der Waals surface area contributed by atoms with E-state index in [1.165, 1.54) is 6.20 Å². The number of hydrogen-bond donors (Lipinski definition) is 0. The minimum Gasteiger partial charge on any atom is -0.377 e. The molecule has 1 amide bonds. The molecule has 0 fully saturated rings. The molecule has 2 aliphatic rings. The van der Waals surface area contributed by atoms with Crippen LogP contribution in [0.5, 0.6) is 0 Å². The fraction of sp³-hybridized carbons (Fsp3) is 0.263. The van der Waals surface area contributed by atoms with Gasteiger partial charge in [-0.3, -0.25) is 14.7 Å². The van der Waals surface area contributed by atoms with Crippen molar-refractivity contribution in [3.8, 4) is 11.1 Å². The average Bonchev–Trinajstić information content (AvgIpc) is 3.14. The first-order valence-electron chi connectivity index (χ1n) is 8.51. The Morgan fingerprint density at radius 3 is 2.68 bits per heavy atom. The zero-order valence-corrected chi connectivity index (χ0v) is 15.1. The van der Waals surface area contributed by atoms with Crippen LogP contribution in [-0.2, 0) is 4.79 Å². The van der Waals surface area contributed by atoms with Crippen molar-refractivity contribution in [2.75, 3.05) is 30.4 Å². The van der Waals surface area contributed by atoms with Gasteiger partial charge in [-0.15, -0.1) is 0 Å². The number of halogens is 3. The van der Waals surface area contributed by atoms with Crippen molar-refractivity contribution in [3.05, 3.63) is 54.0 Å². The highest BCUT2D eigenvalue weighted by molar-refractivity contribution is 6.10. The molecule has 3 heterocycles. The number of alkyl halides is 3. The minimum atomic E-state index is -4.55. The molecular formula is C19H16F3N5O. The topological polar surface area (TPSA) is 61.2 Å². The van der Waals surface area contributed by atoms with Gasteiger partial charge in [0.25, 0.3) is 5.91 Å². The maximum Gasteiger partial charge on any atom is 0.406 e. The standard InChI is InChI=1S/C19H16F3N5O/c1-26(2)14-6-4-3-5-12(14)11-7-15-17(23-8-11)16-13(9-24-25-16)18(28)27(15)10-19(20,21)22/h3-9,16H,10H2,1-2H3. The predicted octanol–water partition coefficient (Wildman–Crippen LogP) is 4.11. The number of azo groups is 1. The van der Waals surface area contributed by atoms with E-state index in [1.807, 2.05) is 43.3 Å². The number of hydrogen-bond acceptors (Lipinski definition) is 5. The Labute approximate surface area is 159 Å². The van der Waals surface area contributed by atoms with E-state index >= 15 is 0 Å². The minimum absolute atomic E-state index is 0.102. The smallest absolute Gasteiger partial charge is 0.377 e. The SMILES string of the molecule is CN(C)c1ccccc1-c1cnc2c(c1)N(CC(F)(F)F)C(=O)C1=CN=NC12. The molecule has 0 bridgehead atoms. The summed E-state index contributed by atoms with van der Waals surface area (Å²) in [6.07, 6.45) is -1.75. The van der Waals surface area contributed by atoms with Crippen LogP contribution < -0.4 is 9.80 Å². The van der Waals surface area contributed by atoms with E-state index in [4.69, 9.17) is 0 Å². The monoisotopic (exact) mass is 387 g/mol. The second-order valence-electron chi connectivity index (χ2n) is 6.76. The fourth-order valence-corrected chi connectivity index (χ4v) is 3.42. The number of amides is 1. The van der Waals surface area contributed by atoms with Crippen LogP contribution in [0.25, 0.3) is 11.1 Å². The average molecular weight is 387 g/mol. The maximum absolute atomic E-state index is 13.2. The Bertz CT molecular complexity index is 1010. The first-order chi connectivity index (χ1) is 13.3. The second kappa shape index (κ2) is 6.43. The molecule has 0 radical (unpaired) electrons. The van der Waals surface area contributed by atoms with Gasteiger partial charge in [0.2, 0.25) is 0 Å². The Morgan fingerprint density at radius 1 is 1.21 bits per heavy atom. The summed E-state index contributed by atoms with van der Waals surface area (Å²) in [6.45, 7) is -1.40. The lowest BCUT2D eigenvalue weighted by molar-refractivity contribution is -0.130. The van der Waals surface area contributed by atoms with Crippen LogP contribution >= 0.6 is 0 Å². The number of carbonyl (C=O) groups excluding carboxylic acids is 1. The molecule has 0 N–H and O–H groups in total. The Kier molecular flexibility index (Phi) is 4.17. The van der Waals surface area contributed by atoms with Crippen molar-refractivity contribution in [2.24, 2.45) is 10.2 Å². The lowest BCUT2D eigenvalue weighted by atomic mass is 9.95. The highest BCUT2D eigenvalue weighted by Crippen LogP contribution is 2.44. The van der Waals surface area contributed by atoms with E-state index in [2.05, 4.69) is 15.2 Å². The molecule has 1 aromatic carbocycles. The number of fused-ring (bicyclic) bond motifs is 3. The zero-order chi connectivity index (χ0) is 20.1. The first kappa shape index (κ1) is 18.1. The fourth-order valence-electron chi connectivity index (χ4n) is 3.42. The summed E-state index contributed by atoms with van der Waals surface area (Å²) in [4.78, 5) is 19.7. The quantitative estimate of drug-likeness (QED) is 0.796. The van der Waals surface area contributed by atoms with E-state index in [0.717, 1.165) is 11.3 Å². The summed E-state index contributed by atoms with van der Waals surface area (Å²) in [7, 11) is 3.75. The van der Waals surface area contributed by atoms with Gasteiger partial charge in [-0.1, -0.05) is 18.2 Å². The van der Waals surface area contributed by atoms with Gasteiger partial charge in [0.1, 0.15) is 12.6 Å². The van der Waals surface area contributed by atoms with Gasteiger partial charge < -0.3 is 4.90 Å². The molecule has 1 unspecified atom stereocenters. The van der Waals surface area contributed by atoms with Gasteiger partial charge in [-0.2, -0.15) is 23.4 Å². The Hall–Kier alpha value is -3.23. The lowest BCUT2D eigenvalue weighted by Crippen LogP contribution is -2.43. The summed E-state index contributed by atoms with van der Waals surface area (Å²) >= 11 is 0. The molecule has 0 saturated carbocycles. The van der Waals surface area contributed by atoms with Crippen molar-refractivity contribution < 1.29 is 18.0 Å². The van der Waals surface area contributed by atoms with Gasteiger partial charge >= 0.3 is 6.18 Å². The molecule has 6 nitrogen and oxygen atoms in total. The van der Waals surface area contributed by atoms with Crippen LogP contribution in [0.1, 0.15) is 11.7 Å². The predicted molar refractivity (Wildman–Crippen MR) is 98.1 cm³/mol. The van der Waals surface area contributed by atoms with E-state index in [0.29, 0.717) is 16.2 Å². The van der Waals surface area contributed by atoms with Crippen molar-refractivity contribution in [1.82, 2.24) is 4.98 Å². The third-order valence-electron chi connectivity index (χ3n) is 4.65. The largest absolute Gasteiger partial charge is 0.406 e. The van der Waals surface area contributed by atoms with Gasteiger partial charge in [0.15, 0.2) is 0 Å². The highest BCUT2D eigenvalue weighted by atomic mass is 19.4. The van der Waals surface area contributed by atoms with Gasteiger partial charge in [0.05, 0.1) is 23.2 Å². The van der Waals surface area contributed by atoms with E-state index in [-0.39, 0.29) is 11.3 Å². The molecule has 1 atom stereocenters. The second-order valence-corrected chi connectivity index (χ2v) is 6.76. The molecule has 4 rings (SSSR count). The van der Waals surface area contributed by atoms with Gasteiger partial charge in [0, 0.05) is 37.1 Å². The molecule has 144 valence electrons. The zero-order valence-electron chi connectivity index (χ0n) is 15.1. The number of aromatic nitrogens is 1. The van der Waals surface area contributed by atoms with Crippen LogP contribution in [0.3, 0.4) is 0 Å². The summed E-state index contributed by atoms with van der Waals surface area (Å²) in [5.41, 5.74) is 2.81. The first-order valence-corrected chi connectivity index (χ1v) is 8.51. The molecule has 0 spiro atoms. The molecule has 2 aromatic rings. The number of rotatable bonds is 3. The summed E-state index contributed by atoms with van der Waals surface area (Å²) in [5.74, 6) is -0.750. The number of para-hydroxylation sites is 1. The molecule has 0 aliphatic carbocycles. The van der Waals surface area contributed by atoms with Crippen molar-refractivity contribution in [2.45, 2.75) is 12.2 Å². The van der Waals surface area contributed by atoms with Gasteiger partial charge in [-0.25, -0.2) is 0 Å². The molecular weight excluding hydrogens is 371 g/mol. The van der Waals surface area contributed by atoms with Crippen LogP contribution in [-0.4, -0.2) is 37.7 Å². The molecule has 0 saturated heterocycles. The van der Waals surface area contributed by atoms with Crippen molar-refractivity contribution in [3.63, 3.8) is 0 Å². The highest BCUT2D eigenvalue weighted by Gasteiger charge is 2.43. The van der Waals surface area contributed by atoms with Crippen molar-refractivity contribution in [1.29, 1.82) is 0 Å². The third-order valence-corrected chi connectivity index (χ3v) is 4.65. The van der Waals surface area contributed by atoms with E-state index in [9.17, 15) is 18.0 Å². The van der Waals surface area contributed by atoms with Crippen LogP contribution in [0.4, 0.5) is 24.5 Å². The Morgan fingerprint density at radius 2 is 1.96 bits per heavy atom. The Balaban J connectivity index is 1.88. The summed E-state index contributed by atoms with van der Waals surface area (Å²) < 4.78 is 39.5. The van der Waals surface area contributed by atoms with Crippen LogP contribution in [0.15, 0.2) is 58.5 Å². The number of nitrogens with zero attached hydrogens (tertiary/aromatic N) is 5. The lowest BCUT2D eigenvalue weighted by Gasteiger charge is -2.32. The molecule has 9 heteroatoms. The third kappa shape index (κ3) is 3.02. The van der Waals surface area contributed by atoms with E-state index in [1.54, 1.807) is 12.3 Å². The number of benzene rings is 1. The summed E-state index contributed by atoms with van der Waals surface area (Å²) in [5, 5.41) is 7.68. The molecule has 28 heavy (non-hydrogen) atoms. The number of pyridine rings is 1. The molecule has 2 aliphatic heterocycles. The number of anilines is 2. The van der Waals surface area contributed by atoms with Gasteiger partial charge in [-0.05, 0) is 12.1 Å². The number of carbonyl (C=O) groups is 1. The maximum atomic E-state index is 13.2. The van der Waals surface area contributed by atoms with E-state index < -0.39 is 24.7 Å². The summed E-state index contributed by atoms with van der Waals surface area (Å²) in [6, 6.07) is 8.29. The van der Waals surface area contributed by atoms with Crippen LogP contribution in [0, 0.1) is 0 Å².